The number of unbranched alkanes of at least 4 members (excludes halogenated alkanes) is 2. The zero-order valence-electron chi connectivity index (χ0n) is 9.21. The minimum atomic E-state index is -0.0515. The van der Waals surface area contributed by atoms with E-state index in [1.807, 2.05) is 11.8 Å². The maximum Gasteiger partial charge on any atom is 0.233 e. The van der Waals surface area contributed by atoms with Gasteiger partial charge in [-0.2, -0.15) is 11.8 Å². The number of hydrogen-bond donors (Lipinski definition) is 2. The molecule has 0 radical (unpaired) electrons. The van der Waals surface area contributed by atoms with E-state index in [1.165, 1.54) is 37.6 Å². The summed E-state index contributed by atoms with van der Waals surface area (Å²) >= 11 is 2.04. The number of hydrazine groups is 1. The van der Waals surface area contributed by atoms with E-state index in [9.17, 15) is 4.79 Å². The Morgan fingerprint density at radius 2 is 2.00 bits per heavy atom. The molecule has 3 N–H and O–H groups in total. The molecule has 0 aromatic carbocycles. The van der Waals surface area contributed by atoms with Gasteiger partial charge in [-0.05, 0) is 19.4 Å². The normalized spacial score (nSPS) is 17.7. The highest BCUT2D eigenvalue weighted by Gasteiger charge is 2.09. The first kappa shape index (κ1) is 12.8. The van der Waals surface area contributed by atoms with Crippen molar-refractivity contribution in [2.45, 2.75) is 25.7 Å². The first-order valence-corrected chi connectivity index (χ1v) is 6.78. The summed E-state index contributed by atoms with van der Waals surface area (Å²) in [6, 6.07) is 0. The fourth-order valence-electron chi connectivity index (χ4n) is 1.69. The lowest BCUT2D eigenvalue weighted by atomic mass is 10.2. The van der Waals surface area contributed by atoms with Crippen LogP contribution in [-0.2, 0) is 4.79 Å². The first-order valence-electron chi connectivity index (χ1n) is 5.62. The second kappa shape index (κ2) is 7.96. The van der Waals surface area contributed by atoms with Crippen molar-refractivity contribution < 1.29 is 4.79 Å². The third kappa shape index (κ3) is 6.02. The Kier molecular flexibility index (Phi) is 6.80. The predicted molar refractivity (Wildman–Crippen MR) is 64.6 cm³/mol. The van der Waals surface area contributed by atoms with Gasteiger partial charge in [0.15, 0.2) is 0 Å². The van der Waals surface area contributed by atoms with E-state index >= 15 is 0 Å². The van der Waals surface area contributed by atoms with E-state index in [0.29, 0.717) is 6.42 Å². The lowest BCUT2D eigenvalue weighted by Gasteiger charge is -2.25. The van der Waals surface area contributed by atoms with Crippen LogP contribution < -0.4 is 11.3 Å². The minimum absolute atomic E-state index is 0.0515. The molecule has 0 unspecified atom stereocenters. The lowest BCUT2D eigenvalue weighted by molar-refractivity contribution is -0.121. The maximum atomic E-state index is 10.8. The van der Waals surface area contributed by atoms with E-state index < -0.39 is 0 Å². The number of nitrogens with zero attached hydrogens (tertiary/aromatic N) is 1. The van der Waals surface area contributed by atoms with Gasteiger partial charge in [0.1, 0.15) is 0 Å². The van der Waals surface area contributed by atoms with Gasteiger partial charge in [-0.15, -0.1) is 0 Å². The Morgan fingerprint density at radius 3 is 2.67 bits per heavy atom. The van der Waals surface area contributed by atoms with Crippen LogP contribution in [0.15, 0.2) is 0 Å². The van der Waals surface area contributed by atoms with Gasteiger partial charge in [0.25, 0.3) is 0 Å². The van der Waals surface area contributed by atoms with Crippen LogP contribution in [0, 0.1) is 0 Å². The first-order chi connectivity index (χ1) is 7.33. The van der Waals surface area contributed by atoms with Crippen LogP contribution in [0.2, 0.25) is 0 Å². The van der Waals surface area contributed by atoms with E-state index in [1.54, 1.807) is 0 Å². The number of thioether (sulfide) groups is 1. The van der Waals surface area contributed by atoms with E-state index in [2.05, 4.69) is 10.3 Å². The zero-order chi connectivity index (χ0) is 10.9. The summed E-state index contributed by atoms with van der Waals surface area (Å²) in [5, 5.41) is 0. The van der Waals surface area contributed by atoms with Gasteiger partial charge in [0.2, 0.25) is 5.91 Å². The predicted octanol–water partition coefficient (Wildman–Crippen LogP) is 0.585. The highest BCUT2D eigenvalue weighted by molar-refractivity contribution is 7.99. The summed E-state index contributed by atoms with van der Waals surface area (Å²) in [7, 11) is 0. The van der Waals surface area contributed by atoms with Crippen LogP contribution in [0.5, 0.6) is 0 Å². The molecule has 0 aromatic heterocycles. The van der Waals surface area contributed by atoms with Crippen molar-refractivity contribution in [2.24, 2.45) is 5.84 Å². The van der Waals surface area contributed by atoms with Crippen molar-refractivity contribution in [3.63, 3.8) is 0 Å². The number of amides is 1. The van der Waals surface area contributed by atoms with Gasteiger partial charge in [-0.3, -0.25) is 10.2 Å². The van der Waals surface area contributed by atoms with Crippen molar-refractivity contribution in [2.75, 3.05) is 31.1 Å². The molecule has 1 aliphatic rings. The third-order valence-corrected chi connectivity index (χ3v) is 3.59. The topological polar surface area (TPSA) is 58.4 Å². The Hall–Kier alpha value is -0.260. The molecule has 1 amide bonds. The van der Waals surface area contributed by atoms with Gasteiger partial charge in [-0.1, -0.05) is 6.42 Å². The lowest BCUT2D eigenvalue weighted by Crippen LogP contribution is -2.33. The molecule has 1 rings (SSSR count). The molecular formula is C10H21N3OS. The zero-order valence-corrected chi connectivity index (χ0v) is 10.0. The highest BCUT2D eigenvalue weighted by Crippen LogP contribution is 2.10. The van der Waals surface area contributed by atoms with E-state index in [-0.39, 0.29) is 5.91 Å². The molecule has 0 atom stereocenters. The third-order valence-electron chi connectivity index (χ3n) is 2.64. The smallest absolute Gasteiger partial charge is 0.233 e. The molecule has 1 saturated heterocycles. The van der Waals surface area contributed by atoms with Crippen molar-refractivity contribution in [3.05, 3.63) is 0 Å². The van der Waals surface area contributed by atoms with E-state index in [0.717, 1.165) is 12.8 Å². The average molecular weight is 231 g/mol. The number of nitrogens with one attached hydrogen (secondary N) is 1. The summed E-state index contributed by atoms with van der Waals surface area (Å²) in [4.78, 5) is 13.3. The van der Waals surface area contributed by atoms with E-state index in [4.69, 9.17) is 5.84 Å². The highest BCUT2D eigenvalue weighted by atomic mass is 32.2. The van der Waals surface area contributed by atoms with Crippen molar-refractivity contribution in [1.82, 2.24) is 10.3 Å². The molecule has 15 heavy (non-hydrogen) atoms. The number of nitrogens with two attached hydrogens (primary N) is 1. The van der Waals surface area contributed by atoms with Crippen molar-refractivity contribution in [3.8, 4) is 0 Å². The number of hydrogen-bond acceptors (Lipinski definition) is 4. The molecular weight excluding hydrogens is 210 g/mol. The van der Waals surface area contributed by atoms with Crippen molar-refractivity contribution >= 4 is 17.7 Å². The van der Waals surface area contributed by atoms with Crippen LogP contribution in [0.4, 0.5) is 0 Å². The SMILES string of the molecule is NNC(=O)CCCCCN1CCSCC1. The standard InChI is InChI=1S/C10H21N3OS/c11-12-10(14)4-2-1-3-5-13-6-8-15-9-7-13/h1-9,11H2,(H,12,14). The summed E-state index contributed by atoms with van der Waals surface area (Å²) in [5.74, 6) is 7.49. The number of carbonyl (C=O) groups excluding carboxylic acids is 1. The second-order valence-corrected chi connectivity index (χ2v) is 5.06. The molecule has 0 saturated carbocycles. The maximum absolute atomic E-state index is 10.8. The molecule has 1 aliphatic heterocycles. The number of rotatable bonds is 6. The van der Waals surface area contributed by atoms with Crippen molar-refractivity contribution in [1.29, 1.82) is 0 Å². The molecule has 88 valence electrons. The van der Waals surface area contributed by atoms with Gasteiger partial charge in [-0.25, -0.2) is 5.84 Å². The summed E-state index contributed by atoms with van der Waals surface area (Å²) in [6.07, 6.45) is 3.83. The minimum Gasteiger partial charge on any atom is -0.302 e. The molecule has 5 heteroatoms. The summed E-state index contributed by atoms with van der Waals surface area (Å²) in [5.41, 5.74) is 2.15. The molecule has 4 nitrogen and oxygen atoms in total. The molecule has 1 fully saturated rings. The Labute approximate surface area is 95.9 Å². The quantitative estimate of drug-likeness (QED) is 0.304. The molecule has 0 bridgehead atoms. The summed E-state index contributed by atoms with van der Waals surface area (Å²) < 4.78 is 0. The average Bonchev–Trinajstić information content (AvgIpc) is 2.29. The molecule has 1 heterocycles. The molecule has 0 aromatic rings. The van der Waals surface area contributed by atoms with Crippen LogP contribution in [0.3, 0.4) is 0 Å². The van der Waals surface area contributed by atoms with Gasteiger partial charge < -0.3 is 4.90 Å². The monoisotopic (exact) mass is 231 g/mol. The summed E-state index contributed by atoms with van der Waals surface area (Å²) in [6.45, 7) is 3.65. The van der Waals surface area contributed by atoms with Gasteiger partial charge in [0.05, 0.1) is 0 Å². The van der Waals surface area contributed by atoms with Gasteiger partial charge in [0, 0.05) is 31.0 Å². The Bertz CT molecular complexity index is 184. The Balaban J connectivity index is 1.89. The molecule has 0 aliphatic carbocycles. The molecule has 0 spiro atoms. The van der Waals surface area contributed by atoms with Crippen LogP contribution in [0.1, 0.15) is 25.7 Å². The largest absolute Gasteiger partial charge is 0.302 e. The van der Waals surface area contributed by atoms with Crippen LogP contribution in [-0.4, -0.2) is 41.9 Å². The van der Waals surface area contributed by atoms with Gasteiger partial charge >= 0.3 is 0 Å². The number of carbonyl (C=O) groups is 1. The fourth-order valence-corrected chi connectivity index (χ4v) is 2.67. The fraction of sp³-hybridized carbons (Fsp3) is 0.900. The Morgan fingerprint density at radius 1 is 1.27 bits per heavy atom. The van der Waals surface area contributed by atoms with Crippen LogP contribution in [0.25, 0.3) is 0 Å². The second-order valence-electron chi connectivity index (χ2n) is 3.83. The van der Waals surface area contributed by atoms with Crippen LogP contribution >= 0.6 is 11.8 Å².